The lowest BCUT2D eigenvalue weighted by atomic mass is 10.1. The van der Waals surface area contributed by atoms with Crippen LogP contribution in [0.4, 0.5) is 0 Å². The van der Waals surface area contributed by atoms with Crippen LogP contribution in [0.25, 0.3) is 0 Å². The highest BCUT2D eigenvalue weighted by Gasteiger charge is 2.26. The quantitative estimate of drug-likeness (QED) is 0.766. The average Bonchev–Trinajstić information content (AvgIpc) is 2.92. The lowest BCUT2D eigenvalue weighted by Gasteiger charge is -2.08. The van der Waals surface area contributed by atoms with Crippen LogP contribution in [-0.2, 0) is 0 Å². The van der Waals surface area contributed by atoms with Crippen LogP contribution in [0.1, 0.15) is 47.8 Å². The maximum absolute atomic E-state index is 11.9. The summed E-state index contributed by atoms with van der Waals surface area (Å²) in [5.74, 6) is 1.28. The Kier molecular flexibility index (Phi) is 4.82. The van der Waals surface area contributed by atoms with Gasteiger partial charge in [-0.25, -0.2) is 0 Å². The molecule has 1 aliphatic heterocycles. The van der Waals surface area contributed by atoms with Gasteiger partial charge in [-0.15, -0.1) is 12.4 Å². The molecule has 106 valence electrons. The summed E-state index contributed by atoms with van der Waals surface area (Å²) in [6.45, 7) is 2.95. The van der Waals surface area contributed by atoms with Crippen LogP contribution in [0.15, 0.2) is 6.07 Å². The lowest BCUT2D eigenvalue weighted by Crippen LogP contribution is -2.26. The van der Waals surface area contributed by atoms with Crippen LogP contribution in [0.5, 0.6) is 0 Å². The molecule has 1 saturated carbocycles. The normalized spacial score (nSPS) is 22.0. The minimum absolute atomic E-state index is 0. The van der Waals surface area contributed by atoms with E-state index in [1.165, 1.54) is 19.3 Å². The van der Waals surface area contributed by atoms with Crippen molar-refractivity contribution in [3.05, 3.63) is 17.5 Å². The van der Waals surface area contributed by atoms with Crippen molar-refractivity contribution in [2.75, 3.05) is 19.6 Å². The summed E-state index contributed by atoms with van der Waals surface area (Å²) in [5, 5.41) is 13.3. The van der Waals surface area contributed by atoms with E-state index in [2.05, 4.69) is 20.8 Å². The molecule has 5 nitrogen and oxygen atoms in total. The number of hydrogen-bond donors (Lipinski definition) is 3. The third kappa shape index (κ3) is 3.70. The molecule has 1 unspecified atom stereocenters. The highest BCUT2D eigenvalue weighted by atomic mass is 35.5. The standard InChI is InChI=1S/C13H20N4O.ClH/c18-13(15-6-4-9-3-5-14-8-9)12-7-11(16-17-12)10-1-2-10;/h7,9-10,14H,1-6,8H2,(H,15,18)(H,16,17);1H. The van der Waals surface area contributed by atoms with E-state index in [9.17, 15) is 4.79 Å². The number of rotatable bonds is 5. The van der Waals surface area contributed by atoms with Crippen molar-refractivity contribution < 1.29 is 4.79 Å². The molecule has 1 saturated heterocycles. The van der Waals surface area contributed by atoms with Crippen molar-refractivity contribution in [1.29, 1.82) is 0 Å². The number of nitrogens with one attached hydrogen (secondary N) is 3. The van der Waals surface area contributed by atoms with Gasteiger partial charge in [0.15, 0.2) is 0 Å². The lowest BCUT2D eigenvalue weighted by molar-refractivity contribution is 0.0946. The predicted octanol–water partition coefficient (Wildman–Crippen LogP) is 1.44. The molecule has 1 aromatic rings. The third-order valence-electron chi connectivity index (χ3n) is 3.85. The fraction of sp³-hybridized carbons (Fsp3) is 0.692. The van der Waals surface area contributed by atoms with Crippen LogP contribution in [0, 0.1) is 5.92 Å². The fourth-order valence-electron chi connectivity index (χ4n) is 2.50. The number of nitrogens with zero attached hydrogens (tertiary/aromatic N) is 1. The van der Waals surface area contributed by atoms with E-state index < -0.39 is 0 Å². The number of aromatic amines is 1. The van der Waals surface area contributed by atoms with Crippen LogP contribution in [0.2, 0.25) is 0 Å². The largest absolute Gasteiger partial charge is 0.351 e. The average molecular weight is 285 g/mol. The Labute approximate surface area is 119 Å². The molecule has 6 heteroatoms. The first-order chi connectivity index (χ1) is 8.83. The molecule has 19 heavy (non-hydrogen) atoms. The highest BCUT2D eigenvalue weighted by Crippen LogP contribution is 2.38. The molecule has 1 aromatic heterocycles. The van der Waals surface area contributed by atoms with Gasteiger partial charge in [0, 0.05) is 18.2 Å². The van der Waals surface area contributed by atoms with E-state index in [0.717, 1.165) is 31.7 Å². The predicted molar refractivity (Wildman–Crippen MR) is 75.7 cm³/mol. The first kappa shape index (κ1) is 14.3. The molecular formula is C13H21ClN4O. The third-order valence-corrected chi connectivity index (χ3v) is 3.85. The van der Waals surface area contributed by atoms with Crippen molar-refractivity contribution in [2.45, 2.75) is 31.6 Å². The van der Waals surface area contributed by atoms with Gasteiger partial charge < -0.3 is 10.6 Å². The summed E-state index contributed by atoms with van der Waals surface area (Å²) in [6, 6.07) is 1.89. The Bertz CT molecular complexity index is 424. The molecule has 0 spiro atoms. The van der Waals surface area contributed by atoms with Gasteiger partial charge in [0.2, 0.25) is 0 Å². The summed E-state index contributed by atoms with van der Waals surface area (Å²) in [6.07, 6.45) is 4.72. The highest BCUT2D eigenvalue weighted by molar-refractivity contribution is 5.92. The number of aromatic nitrogens is 2. The monoisotopic (exact) mass is 284 g/mol. The number of amides is 1. The van der Waals surface area contributed by atoms with Crippen molar-refractivity contribution in [1.82, 2.24) is 20.8 Å². The van der Waals surface area contributed by atoms with Gasteiger partial charge in [0.05, 0.1) is 0 Å². The molecule has 1 atom stereocenters. The number of H-pyrrole nitrogens is 1. The van der Waals surface area contributed by atoms with Crippen molar-refractivity contribution >= 4 is 18.3 Å². The smallest absolute Gasteiger partial charge is 0.271 e. The maximum atomic E-state index is 11.9. The second kappa shape index (κ2) is 6.39. The zero-order valence-corrected chi connectivity index (χ0v) is 11.8. The van der Waals surface area contributed by atoms with Crippen LogP contribution >= 0.6 is 12.4 Å². The maximum Gasteiger partial charge on any atom is 0.271 e. The second-order valence-electron chi connectivity index (χ2n) is 5.39. The van der Waals surface area contributed by atoms with E-state index in [0.29, 0.717) is 17.5 Å². The van der Waals surface area contributed by atoms with E-state index in [1.807, 2.05) is 6.07 Å². The Hall–Kier alpha value is -1.07. The number of carbonyl (C=O) groups is 1. The first-order valence-electron chi connectivity index (χ1n) is 6.87. The molecule has 1 aliphatic carbocycles. The topological polar surface area (TPSA) is 69.8 Å². The zero-order chi connectivity index (χ0) is 12.4. The van der Waals surface area contributed by atoms with Gasteiger partial charge in [-0.1, -0.05) is 0 Å². The SMILES string of the molecule is Cl.O=C(NCCC1CCNC1)c1cc(C2CC2)[nH]n1. The van der Waals surface area contributed by atoms with Crippen LogP contribution in [-0.4, -0.2) is 35.7 Å². The summed E-state index contributed by atoms with van der Waals surface area (Å²) in [5.41, 5.74) is 1.64. The molecular weight excluding hydrogens is 264 g/mol. The first-order valence-corrected chi connectivity index (χ1v) is 6.87. The second-order valence-corrected chi connectivity index (χ2v) is 5.39. The molecule has 0 radical (unpaired) electrons. The van der Waals surface area contributed by atoms with Gasteiger partial charge in [-0.3, -0.25) is 9.89 Å². The van der Waals surface area contributed by atoms with Gasteiger partial charge >= 0.3 is 0 Å². The molecule has 2 aliphatic rings. The molecule has 3 rings (SSSR count). The Morgan fingerprint density at radius 1 is 1.42 bits per heavy atom. The molecule has 2 fully saturated rings. The van der Waals surface area contributed by atoms with E-state index >= 15 is 0 Å². The number of hydrogen-bond acceptors (Lipinski definition) is 3. The molecule has 3 N–H and O–H groups in total. The summed E-state index contributed by atoms with van der Waals surface area (Å²) >= 11 is 0. The van der Waals surface area contributed by atoms with E-state index in [1.54, 1.807) is 0 Å². The van der Waals surface area contributed by atoms with Crippen LogP contribution in [0.3, 0.4) is 0 Å². The molecule has 2 heterocycles. The van der Waals surface area contributed by atoms with Gasteiger partial charge in [0.1, 0.15) is 5.69 Å². The van der Waals surface area contributed by atoms with Crippen LogP contribution < -0.4 is 10.6 Å². The van der Waals surface area contributed by atoms with Crippen molar-refractivity contribution in [2.24, 2.45) is 5.92 Å². The van der Waals surface area contributed by atoms with Gasteiger partial charge in [-0.2, -0.15) is 5.10 Å². The molecule has 0 aromatic carbocycles. The minimum atomic E-state index is -0.0518. The Balaban J connectivity index is 0.00000133. The number of carbonyl (C=O) groups excluding carboxylic acids is 1. The van der Waals surface area contributed by atoms with E-state index in [-0.39, 0.29) is 18.3 Å². The zero-order valence-electron chi connectivity index (χ0n) is 10.9. The Morgan fingerprint density at radius 3 is 2.95 bits per heavy atom. The number of halogens is 1. The minimum Gasteiger partial charge on any atom is -0.351 e. The van der Waals surface area contributed by atoms with Crippen molar-refractivity contribution in [3.8, 4) is 0 Å². The fourth-order valence-corrected chi connectivity index (χ4v) is 2.50. The van der Waals surface area contributed by atoms with Crippen molar-refractivity contribution in [3.63, 3.8) is 0 Å². The van der Waals surface area contributed by atoms with Gasteiger partial charge in [0.25, 0.3) is 5.91 Å². The summed E-state index contributed by atoms with van der Waals surface area (Å²) in [7, 11) is 0. The van der Waals surface area contributed by atoms with Gasteiger partial charge in [-0.05, 0) is 50.8 Å². The molecule has 1 amide bonds. The summed E-state index contributed by atoms with van der Waals surface area (Å²) in [4.78, 5) is 11.9. The molecule has 0 bridgehead atoms. The Morgan fingerprint density at radius 2 is 2.26 bits per heavy atom. The summed E-state index contributed by atoms with van der Waals surface area (Å²) < 4.78 is 0. The van der Waals surface area contributed by atoms with E-state index in [4.69, 9.17) is 0 Å².